The van der Waals surface area contributed by atoms with Crippen LogP contribution in [0.5, 0.6) is 5.75 Å². The minimum Gasteiger partial charge on any atom is -0.496 e. The van der Waals surface area contributed by atoms with Gasteiger partial charge >= 0.3 is 0 Å². The third-order valence-corrected chi connectivity index (χ3v) is 4.44. The van der Waals surface area contributed by atoms with Gasteiger partial charge in [0.25, 0.3) is 0 Å². The van der Waals surface area contributed by atoms with E-state index in [0.29, 0.717) is 10.2 Å². The molecule has 0 amide bonds. The number of benzene rings is 2. The molecule has 2 aromatic rings. The molecule has 0 bridgehead atoms. The SMILES string of the molecule is COc1cc(F)c(Br)cc1C(N)c1ccccc1I. The molecule has 1 atom stereocenters. The number of hydrogen-bond donors (Lipinski definition) is 1. The molecule has 0 aliphatic rings. The van der Waals surface area contributed by atoms with Crippen LogP contribution < -0.4 is 10.5 Å². The van der Waals surface area contributed by atoms with Gasteiger partial charge in [-0.25, -0.2) is 4.39 Å². The van der Waals surface area contributed by atoms with Gasteiger partial charge in [0.15, 0.2) is 0 Å². The fourth-order valence-electron chi connectivity index (χ4n) is 1.86. The van der Waals surface area contributed by atoms with Gasteiger partial charge in [0.2, 0.25) is 0 Å². The Morgan fingerprint density at radius 1 is 1.26 bits per heavy atom. The van der Waals surface area contributed by atoms with Crippen molar-refractivity contribution in [3.05, 3.63) is 61.4 Å². The van der Waals surface area contributed by atoms with E-state index >= 15 is 0 Å². The second-order valence-corrected chi connectivity index (χ2v) is 6.02. The summed E-state index contributed by atoms with van der Waals surface area (Å²) < 4.78 is 20.2. The minimum absolute atomic E-state index is 0.361. The first-order chi connectivity index (χ1) is 9.04. The van der Waals surface area contributed by atoms with Crippen molar-refractivity contribution in [3.63, 3.8) is 0 Å². The molecule has 0 saturated heterocycles. The van der Waals surface area contributed by atoms with E-state index in [2.05, 4.69) is 38.5 Å². The Labute approximate surface area is 133 Å². The van der Waals surface area contributed by atoms with Crippen LogP contribution in [0.4, 0.5) is 4.39 Å². The lowest BCUT2D eigenvalue weighted by atomic mass is 9.99. The topological polar surface area (TPSA) is 35.2 Å². The summed E-state index contributed by atoms with van der Waals surface area (Å²) in [6.45, 7) is 0. The summed E-state index contributed by atoms with van der Waals surface area (Å²) in [7, 11) is 1.51. The summed E-state index contributed by atoms with van der Waals surface area (Å²) in [5, 5.41) is 0. The van der Waals surface area contributed by atoms with Crippen molar-refractivity contribution in [2.45, 2.75) is 6.04 Å². The van der Waals surface area contributed by atoms with Crippen molar-refractivity contribution < 1.29 is 9.13 Å². The van der Waals surface area contributed by atoms with Crippen molar-refractivity contribution >= 4 is 38.5 Å². The van der Waals surface area contributed by atoms with Crippen LogP contribution in [-0.4, -0.2) is 7.11 Å². The Bertz CT molecular complexity index is 606. The predicted octanol–water partition coefficient (Wildman–Crippen LogP) is 4.25. The monoisotopic (exact) mass is 435 g/mol. The number of halogens is 3. The van der Waals surface area contributed by atoms with Crippen LogP contribution in [0.25, 0.3) is 0 Å². The van der Waals surface area contributed by atoms with Crippen LogP contribution in [0.15, 0.2) is 40.9 Å². The van der Waals surface area contributed by atoms with E-state index in [0.717, 1.165) is 14.7 Å². The molecule has 100 valence electrons. The molecule has 0 aliphatic heterocycles. The average Bonchev–Trinajstić information content (AvgIpc) is 2.41. The van der Waals surface area contributed by atoms with E-state index < -0.39 is 0 Å². The van der Waals surface area contributed by atoms with Crippen LogP contribution in [0.1, 0.15) is 17.2 Å². The summed E-state index contributed by atoms with van der Waals surface area (Å²) in [5.41, 5.74) is 8.02. The quantitative estimate of drug-likeness (QED) is 0.731. The smallest absolute Gasteiger partial charge is 0.141 e. The first-order valence-corrected chi connectivity index (χ1v) is 7.44. The van der Waals surface area contributed by atoms with Crippen molar-refractivity contribution in [3.8, 4) is 5.75 Å². The second-order valence-electron chi connectivity index (χ2n) is 4.01. The van der Waals surface area contributed by atoms with E-state index in [1.807, 2.05) is 24.3 Å². The van der Waals surface area contributed by atoms with Crippen LogP contribution in [0, 0.1) is 9.39 Å². The molecule has 0 saturated carbocycles. The zero-order valence-electron chi connectivity index (χ0n) is 10.2. The van der Waals surface area contributed by atoms with Crippen molar-refractivity contribution in [1.82, 2.24) is 0 Å². The van der Waals surface area contributed by atoms with Crippen LogP contribution >= 0.6 is 38.5 Å². The Balaban J connectivity index is 2.52. The molecule has 0 fully saturated rings. The van der Waals surface area contributed by atoms with Crippen molar-refractivity contribution in [2.24, 2.45) is 5.73 Å². The maximum atomic E-state index is 13.5. The highest BCUT2D eigenvalue weighted by atomic mass is 127. The lowest BCUT2D eigenvalue weighted by molar-refractivity contribution is 0.404. The Morgan fingerprint density at radius 3 is 2.58 bits per heavy atom. The highest BCUT2D eigenvalue weighted by molar-refractivity contribution is 14.1. The highest BCUT2D eigenvalue weighted by Gasteiger charge is 2.18. The summed E-state index contributed by atoms with van der Waals surface area (Å²) in [5.74, 6) is 0.0865. The summed E-state index contributed by atoms with van der Waals surface area (Å²) >= 11 is 5.42. The fraction of sp³-hybridized carbons (Fsp3) is 0.143. The summed E-state index contributed by atoms with van der Waals surface area (Å²) in [6, 6.07) is 10.5. The third-order valence-electron chi connectivity index (χ3n) is 2.85. The lowest BCUT2D eigenvalue weighted by Gasteiger charge is -2.18. The molecule has 0 aliphatic carbocycles. The van der Waals surface area contributed by atoms with Gasteiger partial charge in [-0.05, 0) is 56.2 Å². The molecule has 0 radical (unpaired) electrons. The molecular formula is C14H12BrFINO. The van der Waals surface area contributed by atoms with Crippen molar-refractivity contribution in [2.75, 3.05) is 7.11 Å². The first-order valence-electron chi connectivity index (χ1n) is 5.57. The van der Waals surface area contributed by atoms with Crippen LogP contribution in [-0.2, 0) is 0 Å². The zero-order valence-corrected chi connectivity index (χ0v) is 13.9. The van der Waals surface area contributed by atoms with Crippen LogP contribution in [0.2, 0.25) is 0 Å². The largest absolute Gasteiger partial charge is 0.496 e. The zero-order chi connectivity index (χ0) is 14.0. The minimum atomic E-state index is -0.365. The van der Waals surface area contributed by atoms with Crippen LogP contribution in [0.3, 0.4) is 0 Å². The first kappa shape index (κ1) is 14.7. The van der Waals surface area contributed by atoms with E-state index in [1.165, 1.54) is 13.2 Å². The molecule has 0 spiro atoms. The Morgan fingerprint density at radius 2 is 1.95 bits per heavy atom. The molecular weight excluding hydrogens is 424 g/mol. The molecule has 0 heterocycles. The van der Waals surface area contributed by atoms with Crippen molar-refractivity contribution in [1.29, 1.82) is 0 Å². The van der Waals surface area contributed by atoms with Gasteiger partial charge in [0.05, 0.1) is 17.6 Å². The number of ether oxygens (including phenoxy) is 1. The molecule has 2 rings (SSSR count). The van der Waals surface area contributed by atoms with Gasteiger partial charge in [-0.3, -0.25) is 0 Å². The average molecular weight is 436 g/mol. The maximum absolute atomic E-state index is 13.5. The second kappa shape index (κ2) is 6.19. The maximum Gasteiger partial charge on any atom is 0.141 e. The van der Waals surface area contributed by atoms with Gasteiger partial charge in [0.1, 0.15) is 11.6 Å². The van der Waals surface area contributed by atoms with Gasteiger partial charge in [0, 0.05) is 15.2 Å². The molecule has 0 aromatic heterocycles. The van der Waals surface area contributed by atoms with E-state index in [1.54, 1.807) is 6.07 Å². The molecule has 19 heavy (non-hydrogen) atoms. The lowest BCUT2D eigenvalue weighted by Crippen LogP contribution is -2.14. The summed E-state index contributed by atoms with van der Waals surface area (Å²) in [6.07, 6.45) is 0. The molecule has 2 aromatic carbocycles. The fourth-order valence-corrected chi connectivity index (χ4v) is 2.94. The number of rotatable bonds is 3. The van der Waals surface area contributed by atoms with Gasteiger partial charge < -0.3 is 10.5 Å². The predicted molar refractivity (Wildman–Crippen MR) is 85.8 cm³/mol. The molecule has 2 nitrogen and oxygen atoms in total. The van der Waals surface area contributed by atoms with Gasteiger partial charge in [-0.15, -0.1) is 0 Å². The standard InChI is InChI=1S/C14H12BrFINO/c1-19-13-7-11(16)10(15)6-9(13)14(18)8-4-2-3-5-12(8)17/h2-7,14H,18H2,1H3. The van der Waals surface area contributed by atoms with Gasteiger partial charge in [-0.2, -0.15) is 0 Å². The number of hydrogen-bond acceptors (Lipinski definition) is 2. The molecule has 1 unspecified atom stereocenters. The molecule has 2 N–H and O–H groups in total. The summed E-state index contributed by atoms with van der Waals surface area (Å²) in [4.78, 5) is 0. The van der Waals surface area contributed by atoms with E-state index in [9.17, 15) is 4.39 Å². The number of methoxy groups -OCH3 is 1. The Kier molecular flexibility index (Phi) is 4.81. The molecule has 5 heteroatoms. The third kappa shape index (κ3) is 3.09. The van der Waals surface area contributed by atoms with E-state index in [-0.39, 0.29) is 11.9 Å². The normalized spacial score (nSPS) is 12.3. The Hall–Kier alpha value is -0.660. The van der Waals surface area contributed by atoms with E-state index in [4.69, 9.17) is 10.5 Å². The van der Waals surface area contributed by atoms with Gasteiger partial charge in [-0.1, -0.05) is 18.2 Å². The highest BCUT2D eigenvalue weighted by Crippen LogP contribution is 2.34. The number of nitrogens with two attached hydrogens (primary N) is 1.